The van der Waals surface area contributed by atoms with Crippen LogP contribution in [0.15, 0.2) is 42.5 Å². The molecule has 3 nitrogen and oxygen atoms in total. The van der Waals surface area contributed by atoms with Gasteiger partial charge in [0.05, 0.1) is 5.56 Å². The zero-order chi connectivity index (χ0) is 14.7. The molecule has 0 aromatic heterocycles. The summed E-state index contributed by atoms with van der Waals surface area (Å²) in [6.07, 6.45) is 0. The predicted molar refractivity (Wildman–Crippen MR) is 75.0 cm³/mol. The predicted octanol–water partition coefficient (Wildman–Crippen LogP) is 3.11. The van der Waals surface area contributed by atoms with Crippen molar-refractivity contribution in [1.29, 1.82) is 0 Å². The van der Waals surface area contributed by atoms with E-state index in [2.05, 4.69) is 0 Å². The highest BCUT2D eigenvalue weighted by Gasteiger charge is 2.16. The van der Waals surface area contributed by atoms with Crippen molar-refractivity contribution in [3.8, 4) is 5.75 Å². The Morgan fingerprint density at radius 3 is 2.60 bits per heavy atom. The standard InChI is InChI=1S/C16H16FNO2/c1-11-7-8-13(15(19)9-11)16(20)18(2)10-12-5-3-4-6-14(12)17/h3-9,19H,10H2,1-2H3. The molecular formula is C16H16FNO2. The van der Waals surface area contributed by atoms with Gasteiger partial charge in [0.1, 0.15) is 11.6 Å². The fourth-order valence-corrected chi connectivity index (χ4v) is 1.98. The number of aromatic hydroxyl groups is 1. The topological polar surface area (TPSA) is 40.5 Å². The summed E-state index contributed by atoms with van der Waals surface area (Å²) in [6.45, 7) is 1.98. The first-order valence-corrected chi connectivity index (χ1v) is 6.27. The maximum absolute atomic E-state index is 13.6. The first kappa shape index (κ1) is 14.1. The first-order valence-electron chi connectivity index (χ1n) is 6.27. The smallest absolute Gasteiger partial charge is 0.257 e. The number of rotatable bonds is 3. The Kier molecular flexibility index (Phi) is 4.03. The van der Waals surface area contributed by atoms with E-state index in [1.165, 1.54) is 17.0 Å². The second kappa shape index (κ2) is 5.74. The van der Waals surface area contributed by atoms with Gasteiger partial charge in [-0.05, 0) is 30.7 Å². The molecule has 104 valence electrons. The molecule has 0 aliphatic carbocycles. The minimum atomic E-state index is -0.347. The molecule has 2 aromatic carbocycles. The number of amides is 1. The van der Waals surface area contributed by atoms with Gasteiger partial charge < -0.3 is 10.0 Å². The molecule has 0 aliphatic heterocycles. The number of aryl methyl sites for hydroxylation is 1. The van der Waals surface area contributed by atoms with E-state index in [4.69, 9.17) is 0 Å². The average Bonchev–Trinajstić information content (AvgIpc) is 2.40. The molecule has 4 heteroatoms. The Morgan fingerprint density at radius 2 is 1.95 bits per heavy atom. The van der Waals surface area contributed by atoms with Crippen molar-refractivity contribution in [2.45, 2.75) is 13.5 Å². The Morgan fingerprint density at radius 1 is 1.25 bits per heavy atom. The summed E-state index contributed by atoms with van der Waals surface area (Å²) in [6, 6.07) is 11.2. The maximum atomic E-state index is 13.6. The lowest BCUT2D eigenvalue weighted by molar-refractivity contribution is 0.0781. The number of benzene rings is 2. The summed E-state index contributed by atoms with van der Waals surface area (Å²) in [7, 11) is 1.58. The van der Waals surface area contributed by atoms with Gasteiger partial charge in [-0.15, -0.1) is 0 Å². The van der Waals surface area contributed by atoms with E-state index in [0.717, 1.165) is 5.56 Å². The molecule has 0 saturated carbocycles. The zero-order valence-corrected chi connectivity index (χ0v) is 11.4. The van der Waals surface area contributed by atoms with Crippen LogP contribution in [0.1, 0.15) is 21.5 Å². The number of hydrogen-bond donors (Lipinski definition) is 1. The third kappa shape index (κ3) is 2.96. The van der Waals surface area contributed by atoms with Crippen molar-refractivity contribution in [2.75, 3.05) is 7.05 Å². The van der Waals surface area contributed by atoms with Crippen molar-refractivity contribution in [2.24, 2.45) is 0 Å². The minimum absolute atomic E-state index is 0.0598. The average molecular weight is 273 g/mol. The summed E-state index contributed by atoms with van der Waals surface area (Å²) in [5, 5.41) is 9.81. The Labute approximate surface area is 117 Å². The molecule has 0 radical (unpaired) electrons. The van der Waals surface area contributed by atoms with Gasteiger partial charge in [0.15, 0.2) is 0 Å². The molecule has 0 heterocycles. The van der Waals surface area contributed by atoms with E-state index in [1.54, 1.807) is 37.4 Å². The number of hydrogen-bond acceptors (Lipinski definition) is 2. The molecule has 0 spiro atoms. The van der Waals surface area contributed by atoms with Crippen molar-refractivity contribution in [3.63, 3.8) is 0 Å². The molecule has 0 atom stereocenters. The summed E-state index contributed by atoms with van der Waals surface area (Å²) >= 11 is 0. The first-order chi connectivity index (χ1) is 9.49. The zero-order valence-electron chi connectivity index (χ0n) is 11.4. The van der Waals surface area contributed by atoms with Gasteiger partial charge in [0.2, 0.25) is 0 Å². The Bertz CT molecular complexity index is 640. The maximum Gasteiger partial charge on any atom is 0.257 e. The lowest BCUT2D eigenvalue weighted by Gasteiger charge is -2.18. The largest absolute Gasteiger partial charge is 0.507 e. The van der Waals surface area contributed by atoms with Gasteiger partial charge >= 0.3 is 0 Å². The highest BCUT2D eigenvalue weighted by Crippen LogP contribution is 2.21. The van der Waals surface area contributed by atoms with Gasteiger partial charge in [0, 0.05) is 19.2 Å². The van der Waals surface area contributed by atoms with Gasteiger partial charge in [-0.2, -0.15) is 0 Å². The van der Waals surface area contributed by atoms with Gasteiger partial charge in [-0.1, -0.05) is 24.3 Å². The van der Waals surface area contributed by atoms with Crippen molar-refractivity contribution in [3.05, 3.63) is 65.0 Å². The fraction of sp³-hybridized carbons (Fsp3) is 0.188. The quantitative estimate of drug-likeness (QED) is 0.933. The number of nitrogens with zero attached hydrogens (tertiary/aromatic N) is 1. The van der Waals surface area contributed by atoms with Crippen LogP contribution >= 0.6 is 0 Å². The molecule has 1 N–H and O–H groups in total. The fourth-order valence-electron chi connectivity index (χ4n) is 1.98. The van der Waals surface area contributed by atoms with Crippen LogP contribution in [-0.2, 0) is 6.54 Å². The monoisotopic (exact) mass is 273 g/mol. The van der Waals surface area contributed by atoms with Crippen LogP contribution in [-0.4, -0.2) is 23.0 Å². The van der Waals surface area contributed by atoms with E-state index in [-0.39, 0.29) is 29.6 Å². The molecule has 0 bridgehead atoms. The van der Waals surface area contributed by atoms with Crippen LogP contribution in [0.2, 0.25) is 0 Å². The highest BCUT2D eigenvalue weighted by atomic mass is 19.1. The summed E-state index contributed by atoms with van der Waals surface area (Å²) < 4.78 is 13.6. The SMILES string of the molecule is Cc1ccc(C(=O)N(C)Cc2ccccc2F)c(O)c1. The van der Waals surface area contributed by atoms with Crippen LogP contribution in [0.4, 0.5) is 4.39 Å². The second-order valence-corrected chi connectivity index (χ2v) is 4.77. The highest BCUT2D eigenvalue weighted by molar-refractivity contribution is 5.96. The van der Waals surface area contributed by atoms with Crippen LogP contribution in [0.3, 0.4) is 0 Å². The molecule has 0 saturated heterocycles. The molecule has 0 aliphatic rings. The Balaban J connectivity index is 2.19. The summed E-state index contributed by atoms with van der Waals surface area (Å²) in [4.78, 5) is 13.6. The second-order valence-electron chi connectivity index (χ2n) is 4.77. The number of phenolic OH excluding ortho intramolecular Hbond substituents is 1. The molecule has 0 unspecified atom stereocenters. The molecule has 0 fully saturated rings. The lowest BCUT2D eigenvalue weighted by Crippen LogP contribution is -2.26. The van der Waals surface area contributed by atoms with Crippen molar-refractivity contribution < 1.29 is 14.3 Å². The normalized spacial score (nSPS) is 10.3. The Hall–Kier alpha value is -2.36. The van der Waals surface area contributed by atoms with E-state index in [9.17, 15) is 14.3 Å². The number of carbonyl (C=O) groups is 1. The molecule has 2 aromatic rings. The van der Waals surface area contributed by atoms with Crippen LogP contribution in [0, 0.1) is 12.7 Å². The molecule has 2 rings (SSSR count). The molecule has 20 heavy (non-hydrogen) atoms. The molecular weight excluding hydrogens is 257 g/mol. The minimum Gasteiger partial charge on any atom is -0.507 e. The van der Waals surface area contributed by atoms with Crippen molar-refractivity contribution in [1.82, 2.24) is 4.90 Å². The summed E-state index contributed by atoms with van der Waals surface area (Å²) in [5.41, 5.74) is 1.53. The lowest BCUT2D eigenvalue weighted by atomic mass is 10.1. The van der Waals surface area contributed by atoms with Crippen molar-refractivity contribution >= 4 is 5.91 Å². The number of halogens is 1. The van der Waals surface area contributed by atoms with E-state index < -0.39 is 0 Å². The van der Waals surface area contributed by atoms with Gasteiger partial charge in [-0.3, -0.25) is 4.79 Å². The van der Waals surface area contributed by atoms with Crippen LogP contribution in [0.25, 0.3) is 0 Å². The number of phenols is 1. The summed E-state index contributed by atoms with van der Waals surface area (Å²) in [5.74, 6) is -0.749. The van der Waals surface area contributed by atoms with Crippen LogP contribution < -0.4 is 0 Å². The third-order valence-electron chi connectivity index (χ3n) is 3.10. The van der Waals surface area contributed by atoms with E-state index in [1.807, 2.05) is 6.92 Å². The van der Waals surface area contributed by atoms with Crippen LogP contribution in [0.5, 0.6) is 5.75 Å². The van der Waals surface area contributed by atoms with E-state index >= 15 is 0 Å². The molecule has 1 amide bonds. The third-order valence-corrected chi connectivity index (χ3v) is 3.10. The van der Waals surface area contributed by atoms with E-state index in [0.29, 0.717) is 5.56 Å². The van der Waals surface area contributed by atoms with Gasteiger partial charge in [-0.25, -0.2) is 4.39 Å². The number of carbonyl (C=O) groups excluding carboxylic acids is 1. The van der Waals surface area contributed by atoms with Gasteiger partial charge in [0.25, 0.3) is 5.91 Å².